The fourth-order valence-corrected chi connectivity index (χ4v) is 6.84. The van der Waals surface area contributed by atoms with Gasteiger partial charge in [0.05, 0.1) is 11.1 Å². The largest absolute Gasteiger partial charge is 0.490 e. The Balaban J connectivity index is 0.839. The average molecular weight is 714 g/mol. The van der Waals surface area contributed by atoms with Crippen LogP contribution in [0.2, 0.25) is 0 Å². The molecule has 1 aliphatic carbocycles. The molecule has 0 bridgehead atoms. The zero-order valence-electron chi connectivity index (χ0n) is 29.2. The summed E-state index contributed by atoms with van der Waals surface area (Å²) < 4.78 is 17.4. The molecule has 4 heterocycles. The maximum absolute atomic E-state index is 13.2. The Hall–Kier alpha value is -6.44. The summed E-state index contributed by atoms with van der Waals surface area (Å²) in [5, 5.41) is 9.43. The number of carbonyl (C=O) groups excluding carboxylic acids is 4. The Labute approximate surface area is 303 Å². The van der Waals surface area contributed by atoms with E-state index in [1.165, 1.54) is 0 Å². The minimum Gasteiger partial charge on any atom is -0.490 e. The number of benzene rings is 3. The molecule has 1 saturated heterocycles. The molecule has 53 heavy (non-hydrogen) atoms. The van der Waals surface area contributed by atoms with Gasteiger partial charge < -0.3 is 19.3 Å². The molecule has 14 heteroatoms. The van der Waals surface area contributed by atoms with Crippen molar-refractivity contribution in [1.29, 1.82) is 0 Å². The molecule has 4 amide bonds. The molecule has 2 aliphatic heterocycles. The number of nitrogens with zero attached hydrogens (tertiary/aromatic N) is 5. The number of rotatable bonds is 10. The van der Waals surface area contributed by atoms with Crippen LogP contribution in [-0.2, 0) is 15.0 Å². The third-order valence-corrected chi connectivity index (χ3v) is 9.93. The van der Waals surface area contributed by atoms with Crippen LogP contribution in [0.15, 0.2) is 83.5 Å². The molecule has 0 spiro atoms. The van der Waals surface area contributed by atoms with Crippen molar-refractivity contribution in [1.82, 2.24) is 30.3 Å². The normalized spacial score (nSPS) is 19.8. The van der Waals surface area contributed by atoms with E-state index in [1.54, 1.807) is 37.4 Å². The van der Waals surface area contributed by atoms with Gasteiger partial charge in [-0.3, -0.25) is 29.4 Å². The van der Waals surface area contributed by atoms with Gasteiger partial charge in [-0.05, 0) is 66.9 Å². The van der Waals surface area contributed by atoms with Gasteiger partial charge in [-0.2, -0.15) is 9.97 Å². The SMILES string of the molecule is Cc1noc(-c2nccc(Oc3ccc(C(C)(C)c4ccc(OC5CC(Nc6ccc7c(c6)C(=O)N(C6CCC(=O)NC6=O)C7=O)C5)cc4)cc3)n2)n1. The second kappa shape index (κ2) is 13.3. The number of anilines is 1. The average Bonchev–Trinajstić information content (AvgIpc) is 3.67. The van der Waals surface area contributed by atoms with Crippen molar-refractivity contribution in [3.8, 4) is 29.1 Å². The van der Waals surface area contributed by atoms with Gasteiger partial charge in [0.1, 0.15) is 23.6 Å². The van der Waals surface area contributed by atoms with E-state index >= 15 is 0 Å². The zero-order valence-corrected chi connectivity index (χ0v) is 29.2. The Morgan fingerprint density at radius 2 is 1.57 bits per heavy atom. The molecule has 3 aromatic carbocycles. The van der Waals surface area contributed by atoms with E-state index in [0.29, 0.717) is 29.0 Å². The molecule has 2 fully saturated rings. The van der Waals surface area contributed by atoms with Crippen LogP contribution < -0.4 is 20.1 Å². The first-order chi connectivity index (χ1) is 25.5. The molecule has 5 aromatic rings. The van der Waals surface area contributed by atoms with Gasteiger partial charge in [0, 0.05) is 48.7 Å². The number of piperidine rings is 1. The van der Waals surface area contributed by atoms with Crippen molar-refractivity contribution < 1.29 is 33.2 Å². The van der Waals surface area contributed by atoms with Crippen LogP contribution in [-0.4, -0.2) is 66.8 Å². The number of aromatic nitrogens is 4. The second-order valence-electron chi connectivity index (χ2n) is 13.9. The summed E-state index contributed by atoms with van der Waals surface area (Å²) in [6.45, 7) is 6.06. The quantitative estimate of drug-likeness (QED) is 0.177. The highest BCUT2D eigenvalue weighted by Gasteiger charge is 2.45. The summed E-state index contributed by atoms with van der Waals surface area (Å²) in [5.74, 6) is 0.706. The van der Waals surface area contributed by atoms with Crippen LogP contribution in [0.5, 0.6) is 17.4 Å². The molecular formula is C39H35N7O7. The highest BCUT2D eigenvalue weighted by Crippen LogP contribution is 2.36. The van der Waals surface area contributed by atoms with Crippen molar-refractivity contribution in [3.05, 3.63) is 107 Å². The Kier molecular flexibility index (Phi) is 8.44. The molecule has 1 atom stereocenters. The number of hydrogen-bond donors (Lipinski definition) is 2. The number of carbonyl (C=O) groups is 4. The predicted molar refractivity (Wildman–Crippen MR) is 189 cm³/mol. The van der Waals surface area contributed by atoms with Gasteiger partial charge in [-0.25, -0.2) is 4.98 Å². The third kappa shape index (κ3) is 6.59. The topological polar surface area (TPSA) is 179 Å². The lowest BCUT2D eigenvalue weighted by molar-refractivity contribution is -0.136. The van der Waals surface area contributed by atoms with E-state index in [0.717, 1.165) is 34.6 Å². The zero-order chi connectivity index (χ0) is 36.9. The van der Waals surface area contributed by atoms with Crippen LogP contribution in [0.25, 0.3) is 11.7 Å². The van der Waals surface area contributed by atoms with Gasteiger partial charge >= 0.3 is 0 Å². The summed E-state index contributed by atoms with van der Waals surface area (Å²) in [7, 11) is 0. The number of ether oxygens (including phenoxy) is 2. The Morgan fingerprint density at radius 1 is 0.868 bits per heavy atom. The summed E-state index contributed by atoms with van der Waals surface area (Å²) in [6.07, 6.45) is 3.33. The smallest absolute Gasteiger partial charge is 0.295 e. The molecule has 14 nitrogen and oxygen atoms in total. The van der Waals surface area contributed by atoms with E-state index in [4.69, 9.17) is 14.0 Å². The molecule has 1 unspecified atom stereocenters. The van der Waals surface area contributed by atoms with E-state index in [-0.39, 0.29) is 47.4 Å². The molecule has 8 rings (SSSR count). The van der Waals surface area contributed by atoms with Crippen LogP contribution in [0.1, 0.15) is 77.2 Å². The van der Waals surface area contributed by atoms with Crippen molar-refractivity contribution in [2.24, 2.45) is 0 Å². The van der Waals surface area contributed by atoms with Gasteiger partial charge in [-0.15, -0.1) is 0 Å². The molecule has 0 radical (unpaired) electrons. The van der Waals surface area contributed by atoms with E-state index in [2.05, 4.69) is 56.7 Å². The van der Waals surface area contributed by atoms with E-state index < -0.39 is 29.7 Å². The maximum atomic E-state index is 13.2. The van der Waals surface area contributed by atoms with Crippen LogP contribution in [0.3, 0.4) is 0 Å². The van der Waals surface area contributed by atoms with Gasteiger partial charge in [0.25, 0.3) is 17.7 Å². The maximum Gasteiger partial charge on any atom is 0.295 e. The summed E-state index contributed by atoms with van der Waals surface area (Å²) in [6, 6.07) is 21.9. The first-order valence-electron chi connectivity index (χ1n) is 17.3. The molecule has 268 valence electrons. The minimum absolute atomic E-state index is 0.0293. The van der Waals surface area contributed by atoms with Gasteiger partial charge in [0.2, 0.25) is 23.5 Å². The first kappa shape index (κ1) is 33.7. The Bertz CT molecular complexity index is 2250. The van der Waals surface area contributed by atoms with Crippen molar-refractivity contribution in [2.45, 2.75) is 70.1 Å². The minimum atomic E-state index is -0.991. The van der Waals surface area contributed by atoms with Crippen molar-refractivity contribution >= 4 is 29.3 Å². The fraction of sp³-hybridized carbons (Fsp3) is 0.282. The molecule has 1 saturated carbocycles. The van der Waals surface area contributed by atoms with E-state index in [1.807, 2.05) is 36.4 Å². The monoisotopic (exact) mass is 713 g/mol. The first-order valence-corrected chi connectivity index (χ1v) is 17.3. The third-order valence-electron chi connectivity index (χ3n) is 9.93. The summed E-state index contributed by atoms with van der Waals surface area (Å²) >= 11 is 0. The fourth-order valence-electron chi connectivity index (χ4n) is 6.84. The number of nitrogens with one attached hydrogen (secondary N) is 2. The molecule has 2 N–H and O–H groups in total. The molecule has 2 aromatic heterocycles. The molecule has 3 aliphatic rings. The number of imide groups is 2. The van der Waals surface area contributed by atoms with E-state index in [9.17, 15) is 19.2 Å². The number of hydrogen-bond acceptors (Lipinski definition) is 12. The summed E-state index contributed by atoms with van der Waals surface area (Å²) in [5.41, 5.74) is 3.16. The highest BCUT2D eigenvalue weighted by molar-refractivity contribution is 6.23. The Morgan fingerprint density at radius 3 is 2.25 bits per heavy atom. The molecular weight excluding hydrogens is 678 g/mol. The number of fused-ring (bicyclic) bond motifs is 1. The van der Waals surface area contributed by atoms with Crippen LogP contribution in [0, 0.1) is 6.92 Å². The lowest BCUT2D eigenvalue weighted by Gasteiger charge is -2.36. The van der Waals surface area contributed by atoms with Crippen molar-refractivity contribution in [2.75, 3.05) is 5.32 Å². The predicted octanol–water partition coefficient (Wildman–Crippen LogP) is 5.38. The lowest BCUT2D eigenvalue weighted by Crippen LogP contribution is -2.54. The highest BCUT2D eigenvalue weighted by atomic mass is 16.5. The second-order valence-corrected chi connectivity index (χ2v) is 13.9. The van der Waals surface area contributed by atoms with Crippen LogP contribution >= 0.6 is 0 Å². The van der Waals surface area contributed by atoms with Gasteiger partial charge in [-0.1, -0.05) is 43.3 Å². The van der Waals surface area contributed by atoms with Crippen LogP contribution in [0.4, 0.5) is 5.69 Å². The van der Waals surface area contributed by atoms with Crippen molar-refractivity contribution in [3.63, 3.8) is 0 Å². The lowest BCUT2D eigenvalue weighted by atomic mass is 9.78. The summed E-state index contributed by atoms with van der Waals surface area (Å²) in [4.78, 5) is 63.8. The van der Waals surface area contributed by atoms with Gasteiger partial charge in [0.15, 0.2) is 5.82 Å². The standard InChI is InChI=1S/C39H35N7O7/c1-21-41-36(53-45-21)34-40-17-16-33(44-34)52-27-11-6-23(7-12-27)39(2,3)22-4-9-26(10-5-22)51-28-18-25(19-28)42-24-8-13-29-30(20-24)38(50)46(37(29)49)31-14-15-32(47)43-35(31)48/h4-13,16-17,20,25,28,31,42H,14-15,18-19H2,1-3H3,(H,43,47,48). The number of amides is 4. The number of aryl methyl sites for hydroxylation is 1.